The van der Waals surface area contributed by atoms with Crippen molar-refractivity contribution in [2.45, 2.75) is 37.1 Å². The van der Waals surface area contributed by atoms with Crippen molar-refractivity contribution in [3.63, 3.8) is 0 Å². The standard InChI is InChI=1S/C25H30N4O2S/c1-2-17-28-32(30,31)29-22-12-15-25(16-13-22,21-9-4-3-5-10-21)19-27-24-23-11-7-6-8-20(23)14-18-26-24/h2-11,14,18,22,28-29H,1,12-13,15-17,19H2,(H,26,27). The lowest BCUT2D eigenvalue weighted by atomic mass is 9.68. The van der Waals surface area contributed by atoms with Crippen LogP contribution in [-0.4, -0.2) is 32.5 Å². The number of benzene rings is 2. The second-order valence-corrected chi connectivity index (χ2v) is 9.94. The number of pyridine rings is 1. The first-order valence-corrected chi connectivity index (χ1v) is 12.5. The van der Waals surface area contributed by atoms with E-state index in [1.807, 2.05) is 30.5 Å². The highest BCUT2D eigenvalue weighted by atomic mass is 32.2. The summed E-state index contributed by atoms with van der Waals surface area (Å²) < 4.78 is 29.8. The van der Waals surface area contributed by atoms with Crippen molar-refractivity contribution in [2.24, 2.45) is 0 Å². The number of nitrogens with zero attached hydrogens (tertiary/aromatic N) is 1. The second-order valence-electron chi connectivity index (χ2n) is 8.41. The van der Waals surface area contributed by atoms with E-state index in [-0.39, 0.29) is 18.0 Å². The molecule has 0 radical (unpaired) electrons. The number of anilines is 1. The van der Waals surface area contributed by atoms with Crippen molar-refractivity contribution in [3.05, 3.63) is 85.1 Å². The zero-order chi connectivity index (χ0) is 22.4. The molecule has 1 aromatic heterocycles. The number of nitrogens with one attached hydrogen (secondary N) is 3. The van der Waals surface area contributed by atoms with Gasteiger partial charge in [0.2, 0.25) is 0 Å². The van der Waals surface area contributed by atoms with Gasteiger partial charge in [0.1, 0.15) is 5.82 Å². The van der Waals surface area contributed by atoms with Crippen LogP contribution < -0.4 is 14.8 Å². The van der Waals surface area contributed by atoms with Crippen molar-refractivity contribution in [3.8, 4) is 0 Å². The van der Waals surface area contributed by atoms with E-state index >= 15 is 0 Å². The number of hydrogen-bond donors (Lipinski definition) is 3. The third kappa shape index (κ3) is 5.18. The van der Waals surface area contributed by atoms with Crippen LogP contribution >= 0.6 is 0 Å². The molecule has 1 aliphatic rings. The fourth-order valence-electron chi connectivity index (χ4n) is 4.59. The smallest absolute Gasteiger partial charge is 0.277 e. The Morgan fingerprint density at radius 1 is 1.03 bits per heavy atom. The Morgan fingerprint density at radius 3 is 2.50 bits per heavy atom. The fourth-order valence-corrected chi connectivity index (χ4v) is 5.69. The molecular weight excluding hydrogens is 420 g/mol. The van der Waals surface area contributed by atoms with Crippen LogP contribution in [0.25, 0.3) is 10.8 Å². The van der Waals surface area contributed by atoms with Crippen LogP contribution in [0.3, 0.4) is 0 Å². The molecule has 3 aromatic rings. The van der Waals surface area contributed by atoms with E-state index in [9.17, 15) is 8.42 Å². The van der Waals surface area contributed by atoms with Crippen LogP contribution in [0.4, 0.5) is 5.82 Å². The molecule has 2 aromatic carbocycles. The Bertz CT molecular complexity index is 1150. The van der Waals surface area contributed by atoms with Gasteiger partial charge in [0.25, 0.3) is 10.2 Å². The third-order valence-electron chi connectivity index (χ3n) is 6.34. The molecule has 4 rings (SSSR count). The van der Waals surface area contributed by atoms with E-state index < -0.39 is 10.2 Å². The van der Waals surface area contributed by atoms with Crippen molar-refractivity contribution in [1.29, 1.82) is 0 Å². The maximum Gasteiger partial charge on any atom is 0.277 e. The van der Waals surface area contributed by atoms with Crippen molar-refractivity contribution in [2.75, 3.05) is 18.4 Å². The van der Waals surface area contributed by atoms with Crippen molar-refractivity contribution >= 4 is 26.8 Å². The molecule has 0 spiro atoms. The van der Waals surface area contributed by atoms with Gasteiger partial charge in [-0.25, -0.2) is 4.98 Å². The molecule has 1 aliphatic carbocycles. The van der Waals surface area contributed by atoms with Gasteiger partial charge in [0.15, 0.2) is 0 Å². The molecule has 0 amide bonds. The van der Waals surface area contributed by atoms with Crippen molar-refractivity contribution in [1.82, 2.24) is 14.4 Å². The molecule has 0 atom stereocenters. The largest absolute Gasteiger partial charge is 0.369 e. The molecule has 0 aliphatic heterocycles. The van der Waals surface area contributed by atoms with Crippen LogP contribution in [0.5, 0.6) is 0 Å². The molecule has 0 bridgehead atoms. The summed E-state index contributed by atoms with van der Waals surface area (Å²) in [7, 11) is -3.52. The van der Waals surface area contributed by atoms with E-state index in [0.29, 0.717) is 0 Å². The van der Waals surface area contributed by atoms with Crippen LogP contribution in [0.1, 0.15) is 31.2 Å². The SMILES string of the molecule is C=CCNS(=O)(=O)NC1CCC(CNc2nccc3ccccc23)(c2ccccc2)CC1. The summed E-state index contributed by atoms with van der Waals surface area (Å²) >= 11 is 0. The van der Waals surface area contributed by atoms with Crippen molar-refractivity contribution < 1.29 is 8.42 Å². The Kier molecular flexibility index (Phi) is 6.89. The van der Waals surface area contributed by atoms with E-state index in [0.717, 1.165) is 48.8 Å². The van der Waals surface area contributed by atoms with Crippen LogP contribution in [0.2, 0.25) is 0 Å². The molecule has 1 saturated carbocycles. The summed E-state index contributed by atoms with van der Waals surface area (Å²) in [6.07, 6.45) is 6.67. The van der Waals surface area contributed by atoms with Gasteiger partial charge >= 0.3 is 0 Å². The third-order valence-corrected chi connectivity index (χ3v) is 7.53. The summed E-state index contributed by atoms with van der Waals surface area (Å²) in [6, 6.07) is 20.7. The van der Waals surface area contributed by atoms with Gasteiger partial charge in [-0.3, -0.25) is 0 Å². The normalized spacial score (nSPS) is 21.3. The molecule has 1 fully saturated rings. The molecule has 7 heteroatoms. The summed E-state index contributed by atoms with van der Waals surface area (Å²) in [4.78, 5) is 4.59. The molecule has 32 heavy (non-hydrogen) atoms. The number of fused-ring (bicyclic) bond motifs is 1. The minimum Gasteiger partial charge on any atom is -0.369 e. The Balaban J connectivity index is 1.51. The van der Waals surface area contributed by atoms with Gasteiger partial charge in [-0.2, -0.15) is 17.9 Å². The zero-order valence-corrected chi connectivity index (χ0v) is 18.9. The number of hydrogen-bond acceptors (Lipinski definition) is 4. The highest BCUT2D eigenvalue weighted by molar-refractivity contribution is 7.87. The zero-order valence-electron chi connectivity index (χ0n) is 18.1. The van der Waals surface area contributed by atoms with E-state index in [4.69, 9.17) is 0 Å². The van der Waals surface area contributed by atoms with Gasteiger partial charge in [-0.05, 0) is 42.7 Å². The van der Waals surface area contributed by atoms with Crippen LogP contribution in [0, 0.1) is 0 Å². The van der Waals surface area contributed by atoms with E-state index in [2.05, 4.69) is 62.7 Å². The molecule has 3 N–H and O–H groups in total. The summed E-state index contributed by atoms with van der Waals surface area (Å²) in [5.41, 5.74) is 1.19. The lowest BCUT2D eigenvalue weighted by molar-refractivity contribution is 0.272. The second kappa shape index (κ2) is 9.81. The van der Waals surface area contributed by atoms with Gasteiger partial charge in [0, 0.05) is 36.1 Å². The predicted octanol–water partition coefficient (Wildman–Crippen LogP) is 4.14. The summed E-state index contributed by atoms with van der Waals surface area (Å²) in [6.45, 7) is 4.52. The van der Waals surface area contributed by atoms with Gasteiger partial charge in [-0.15, -0.1) is 6.58 Å². The average Bonchev–Trinajstić information content (AvgIpc) is 2.83. The predicted molar refractivity (Wildman–Crippen MR) is 131 cm³/mol. The maximum absolute atomic E-state index is 12.2. The van der Waals surface area contributed by atoms with Gasteiger partial charge in [-0.1, -0.05) is 60.7 Å². The Labute approximate surface area is 190 Å². The van der Waals surface area contributed by atoms with Gasteiger partial charge < -0.3 is 5.32 Å². The minimum atomic E-state index is -3.52. The topological polar surface area (TPSA) is 83.1 Å². The first kappa shape index (κ1) is 22.5. The molecule has 0 unspecified atom stereocenters. The van der Waals surface area contributed by atoms with Gasteiger partial charge in [0.05, 0.1) is 0 Å². The minimum absolute atomic E-state index is 0.0789. The lowest BCUT2D eigenvalue weighted by Gasteiger charge is -2.41. The highest BCUT2D eigenvalue weighted by Gasteiger charge is 2.37. The monoisotopic (exact) mass is 450 g/mol. The summed E-state index contributed by atoms with van der Waals surface area (Å²) in [5.74, 6) is 0.884. The average molecular weight is 451 g/mol. The first-order valence-electron chi connectivity index (χ1n) is 11.0. The molecule has 0 saturated heterocycles. The van der Waals surface area contributed by atoms with E-state index in [1.54, 1.807) is 0 Å². The molecule has 6 nitrogen and oxygen atoms in total. The number of aromatic nitrogens is 1. The molecule has 168 valence electrons. The highest BCUT2D eigenvalue weighted by Crippen LogP contribution is 2.40. The lowest BCUT2D eigenvalue weighted by Crippen LogP contribution is -2.48. The maximum atomic E-state index is 12.2. The summed E-state index contributed by atoms with van der Waals surface area (Å²) in [5, 5.41) is 5.88. The quantitative estimate of drug-likeness (QED) is 0.428. The molecule has 1 heterocycles. The molecular formula is C25H30N4O2S. The first-order chi connectivity index (χ1) is 15.5. The number of rotatable bonds is 9. The van der Waals surface area contributed by atoms with E-state index in [1.165, 1.54) is 11.6 Å². The van der Waals surface area contributed by atoms with Crippen LogP contribution in [0.15, 0.2) is 79.5 Å². The van der Waals surface area contributed by atoms with Crippen LogP contribution in [-0.2, 0) is 15.6 Å². The fraction of sp³-hybridized carbons (Fsp3) is 0.320. The Hall–Kier alpha value is -2.74. The Morgan fingerprint density at radius 2 is 1.75 bits per heavy atom.